The molecule has 2 heterocycles. The summed E-state index contributed by atoms with van der Waals surface area (Å²) in [5.41, 5.74) is 0.951. The predicted molar refractivity (Wildman–Crippen MR) is 116 cm³/mol. The summed E-state index contributed by atoms with van der Waals surface area (Å²) in [5, 5.41) is 15.0. The fourth-order valence-corrected chi connectivity index (χ4v) is 5.55. The third-order valence-electron chi connectivity index (χ3n) is 7.24. The van der Waals surface area contributed by atoms with Gasteiger partial charge in [0, 0.05) is 25.4 Å². The Hall–Kier alpha value is -2.90. The van der Waals surface area contributed by atoms with Crippen molar-refractivity contribution in [1.29, 1.82) is 0 Å². The number of nitrogens with one attached hydrogen (secondary N) is 2. The first-order valence-corrected chi connectivity index (χ1v) is 11.6. The SMILES string of the molecule is O=C[C@H](C[C@@H]1CCNC1=O)NC(=O)C1[C@@H]2CCC[C@H]2CN1C(=O)CCc1ccc(O)cc1. The van der Waals surface area contributed by atoms with E-state index in [9.17, 15) is 24.3 Å². The molecule has 1 aromatic rings. The number of benzene rings is 1. The molecule has 5 atom stereocenters. The van der Waals surface area contributed by atoms with Gasteiger partial charge in [0.25, 0.3) is 0 Å². The van der Waals surface area contributed by atoms with Gasteiger partial charge in [-0.05, 0) is 61.6 Å². The Bertz CT molecular complexity index is 871. The quantitative estimate of drug-likeness (QED) is 0.524. The van der Waals surface area contributed by atoms with Gasteiger partial charge in [-0.2, -0.15) is 0 Å². The van der Waals surface area contributed by atoms with Crippen LogP contribution in [0.4, 0.5) is 0 Å². The van der Waals surface area contributed by atoms with Crippen LogP contribution in [-0.4, -0.2) is 59.2 Å². The van der Waals surface area contributed by atoms with Crippen LogP contribution in [0, 0.1) is 17.8 Å². The lowest BCUT2D eigenvalue weighted by Crippen LogP contribution is -2.52. The monoisotopic (exact) mass is 441 g/mol. The number of rotatable bonds is 8. The number of nitrogens with zero attached hydrogens (tertiary/aromatic N) is 1. The molecule has 3 N–H and O–H groups in total. The summed E-state index contributed by atoms with van der Waals surface area (Å²) in [6.07, 6.45) is 5.43. The molecule has 4 rings (SSSR count). The zero-order valence-corrected chi connectivity index (χ0v) is 18.2. The first-order valence-electron chi connectivity index (χ1n) is 11.6. The average Bonchev–Trinajstić information content (AvgIpc) is 3.48. The van der Waals surface area contributed by atoms with E-state index in [-0.39, 0.29) is 48.1 Å². The minimum Gasteiger partial charge on any atom is -0.508 e. The standard InChI is InChI=1S/C24H31N3O5/c28-14-18(12-16-10-11-25-23(16)31)26-24(32)22-20-3-1-2-17(20)13-27(22)21(30)9-6-15-4-7-19(29)8-5-15/h4-5,7-8,14,16-18,20,22,29H,1-3,6,9-13H2,(H,25,31)(H,26,32)/t16-,17-,18-,20+,22?/m0/s1. The molecular weight excluding hydrogens is 410 g/mol. The second-order valence-corrected chi connectivity index (χ2v) is 9.28. The van der Waals surface area contributed by atoms with Crippen molar-refractivity contribution < 1.29 is 24.3 Å². The molecule has 0 aromatic heterocycles. The number of aryl methyl sites for hydroxylation is 1. The van der Waals surface area contributed by atoms with E-state index in [0.29, 0.717) is 38.1 Å². The van der Waals surface area contributed by atoms with Crippen molar-refractivity contribution in [2.24, 2.45) is 17.8 Å². The molecule has 3 amide bonds. The molecule has 1 aliphatic carbocycles. The van der Waals surface area contributed by atoms with E-state index in [2.05, 4.69) is 10.6 Å². The molecule has 2 aliphatic heterocycles. The molecule has 8 nitrogen and oxygen atoms in total. The van der Waals surface area contributed by atoms with Gasteiger partial charge in [-0.3, -0.25) is 14.4 Å². The Balaban J connectivity index is 1.40. The predicted octanol–water partition coefficient (Wildman–Crippen LogP) is 1.16. The minimum absolute atomic E-state index is 0.0644. The maximum atomic E-state index is 13.2. The number of aromatic hydroxyl groups is 1. The van der Waals surface area contributed by atoms with Crippen LogP contribution in [0.2, 0.25) is 0 Å². The van der Waals surface area contributed by atoms with Crippen LogP contribution >= 0.6 is 0 Å². The van der Waals surface area contributed by atoms with E-state index >= 15 is 0 Å². The van der Waals surface area contributed by atoms with E-state index in [1.165, 1.54) is 0 Å². The van der Waals surface area contributed by atoms with E-state index < -0.39 is 12.1 Å². The smallest absolute Gasteiger partial charge is 0.243 e. The molecule has 2 saturated heterocycles. The lowest BCUT2D eigenvalue weighted by molar-refractivity contribution is -0.140. The topological polar surface area (TPSA) is 116 Å². The summed E-state index contributed by atoms with van der Waals surface area (Å²) in [4.78, 5) is 51.5. The highest BCUT2D eigenvalue weighted by Crippen LogP contribution is 2.42. The van der Waals surface area contributed by atoms with Crippen molar-refractivity contribution in [2.45, 2.75) is 57.0 Å². The van der Waals surface area contributed by atoms with Crippen LogP contribution in [0.1, 0.15) is 44.1 Å². The third-order valence-corrected chi connectivity index (χ3v) is 7.24. The van der Waals surface area contributed by atoms with Crippen LogP contribution in [0.3, 0.4) is 0 Å². The Morgan fingerprint density at radius 3 is 2.69 bits per heavy atom. The summed E-state index contributed by atoms with van der Waals surface area (Å²) in [5.74, 6) is -0.0686. The summed E-state index contributed by atoms with van der Waals surface area (Å²) in [7, 11) is 0. The largest absolute Gasteiger partial charge is 0.508 e. The molecule has 3 aliphatic rings. The first kappa shape index (κ1) is 22.3. The number of hydrogen-bond donors (Lipinski definition) is 3. The number of aldehydes is 1. The average molecular weight is 442 g/mol. The molecule has 0 spiro atoms. The molecule has 32 heavy (non-hydrogen) atoms. The van der Waals surface area contributed by atoms with E-state index in [1.807, 2.05) is 0 Å². The summed E-state index contributed by atoms with van der Waals surface area (Å²) < 4.78 is 0. The lowest BCUT2D eigenvalue weighted by atomic mass is 9.92. The van der Waals surface area contributed by atoms with Crippen molar-refractivity contribution in [3.05, 3.63) is 29.8 Å². The lowest BCUT2D eigenvalue weighted by Gasteiger charge is -2.28. The number of fused-ring (bicyclic) bond motifs is 1. The molecule has 1 unspecified atom stereocenters. The van der Waals surface area contributed by atoms with Gasteiger partial charge < -0.3 is 25.4 Å². The zero-order chi connectivity index (χ0) is 22.7. The van der Waals surface area contributed by atoms with Gasteiger partial charge in [-0.15, -0.1) is 0 Å². The highest BCUT2D eigenvalue weighted by molar-refractivity contribution is 5.90. The van der Waals surface area contributed by atoms with Crippen molar-refractivity contribution in [1.82, 2.24) is 15.5 Å². The summed E-state index contributed by atoms with van der Waals surface area (Å²) >= 11 is 0. The van der Waals surface area contributed by atoms with Crippen LogP contribution in [-0.2, 0) is 25.6 Å². The maximum absolute atomic E-state index is 13.2. The van der Waals surface area contributed by atoms with Crippen molar-refractivity contribution in [3.63, 3.8) is 0 Å². The number of phenols is 1. The van der Waals surface area contributed by atoms with Gasteiger partial charge in [0.1, 0.15) is 18.1 Å². The second kappa shape index (κ2) is 9.71. The number of phenolic OH excluding ortho intramolecular Hbond substituents is 1. The normalized spacial score (nSPS) is 27.6. The van der Waals surface area contributed by atoms with Crippen LogP contribution < -0.4 is 10.6 Å². The van der Waals surface area contributed by atoms with Gasteiger partial charge in [-0.25, -0.2) is 0 Å². The van der Waals surface area contributed by atoms with Crippen molar-refractivity contribution in [2.75, 3.05) is 13.1 Å². The molecule has 8 heteroatoms. The maximum Gasteiger partial charge on any atom is 0.243 e. The van der Waals surface area contributed by atoms with Crippen molar-refractivity contribution >= 4 is 24.0 Å². The molecule has 1 aromatic carbocycles. The Morgan fingerprint density at radius 1 is 1.22 bits per heavy atom. The number of carbonyl (C=O) groups excluding carboxylic acids is 4. The number of amides is 3. The third kappa shape index (κ3) is 4.79. The molecule has 3 fully saturated rings. The van der Waals surface area contributed by atoms with E-state index in [0.717, 1.165) is 24.8 Å². The molecule has 0 radical (unpaired) electrons. The van der Waals surface area contributed by atoms with E-state index in [1.54, 1.807) is 29.2 Å². The molecule has 0 bridgehead atoms. The van der Waals surface area contributed by atoms with Gasteiger partial charge in [0.15, 0.2) is 0 Å². The van der Waals surface area contributed by atoms with Gasteiger partial charge in [0.2, 0.25) is 17.7 Å². The molecule has 172 valence electrons. The highest BCUT2D eigenvalue weighted by atomic mass is 16.3. The van der Waals surface area contributed by atoms with Crippen LogP contribution in [0.15, 0.2) is 24.3 Å². The first-order chi connectivity index (χ1) is 15.5. The van der Waals surface area contributed by atoms with Gasteiger partial charge >= 0.3 is 0 Å². The Morgan fingerprint density at radius 2 is 2.00 bits per heavy atom. The number of hydrogen-bond acceptors (Lipinski definition) is 5. The Kier molecular flexibility index (Phi) is 6.77. The Labute approximate surface area is 187 Å². The minimum atomic E-state index is -0.731. The summed E-state index contributed by atoms with van der Waals surface area (Å²) in [6, 6.07) is 5.49. The molecule has 1 saturated carbocycles. The summed E-state index contributed by atoms with van der Waals surface area (Å²) in [6.45, 7) is 1.17. The fraction of sp³-hybridized carbons (Fsp3) is 0.583. The van der Waals surface area contributed by atoms with Gasteiger partial charge in [-0.1, -0.05) is 18.6 Å². The highest BCUT2D eigenvalue weighted by Gasteiger charge is 2.49. The zero-order valence-electron chi connectivity index (χ0n) is 18.2. The van der Waals surface area contributed by atoms with Crippen LogP contribution in [0.5, 0.6) is 5.75 Å². The van der Waals surface area contributed by atoms with Crippen LogP contribution in [0.25, 0.3) is 0 Å². The van der Waals surface area contributed by atoms with E-state index in [4.69, 9.17) is 0 Å². The fourth-order valence-electron chi connectivity index (χ4n) is 5.55. The number of carbonyl (C=O) groups is 4. The molecular formula is C24H31N3O5. The van der Waals surface area contributed by atoms with Crippen molar-refractivity contribution in [3.8, 4) is 5.75 Å². The second-order valence-electron chi connectivity index (χ2n) is 9.28. The van der Waals surface area contributed by atoms with Gasteiger partial charge in [0.05, 0.1) is 6.04 Å². The number of likely N-dealkylation sites (tertiary alicyclic amines) is 1.